The Hall–Kier alpha value is -2.51. The van der Waals surface area contributed by atoms with E-state index in [-0.39, 0.29) is 12.5 Å². The van der Waals surface area contributed by atoms with Gasteiger partial charge in [-0.15, -0.1) is 0 Å². The zero-order valence-electron chi connectivity index (χ0n) is 15.2. The highest BCUT2D eigenvalue weighted by atomic mass is 32.2. The van der Waals surface area contributed by atoms with E-state index in [9.17, 15) is 4.79 Å². The molecule has 2 aromatic rings. The Bertz CT molecular complexity index is 811. The van der Waals surface area contributed by atoms with Crippen molar-refractivity contribution < 1.29 is 14.6 Å². The molecule has 1 aliphatic heterocycles. The van der Waals surface area contributed by atoms with Crippen molar-refractivity contribution in [3.8, 4) is 0 Å². The van der Waals surface area contributed by atoms with E-state index in [1.807, 2.05) is 41.7 Å². The second-order valence-electron chi connectivity index (χ2n) is 6.06. The maximum absolute atomic E-state index is 13.0. The van der Waals surface area contributed by atoms with Gasteiger partial charge < -0.3 is 19.5 Å². The SMILES string of the molecule is CN1Sc2ccccc2C(OCCCCCO)=C1C(=O)Nc1ccccn1. The van der Waals surface area contributed by atoms with Crippen LogP contribution in [0.5, 0.6) is 0 Å². The molecule has 2 heterocycles. The lowest BCUT2D eigenvalue weighted by Crippen LogP contribution is -2.28. The first-order valence-corrected chi connectivity index (χ1v) is 9.69. The fourth-order valence-electron chi connectivity index (χ4n) is 2.77. The van der Waals surface area contributed by atoms with Gasteiger partial charge in [0.2, 0.25) is 0 Å². The number of nitrogens with one attached hydrogen (secondary N) is 1. The molecular formula is C20H23N3O3S. The van der Waals surface area contributed by atoms with E-state index in [2.05, 4.69) is 10.3 Å². The Labute approximate surface area is 163 Å². The van der Waals surface area contributed by atoms with Crippen LogP contribution in [-0.4, -0.2) is 40.6 Å². The molecular weight excluding hydrogens is 362 g/mol. The third-order valence-electron chi connectivity index (χ3n) is 4.07. The molecule has 2 N–H and O–H groups in total. The number of unbranched alkanes of at least 4 members (excludes halogenated alkanes) is 2. The number of amides is 1. The Morgan fingerprint density at radius 3 is 2.78 bits per heavy atom. The van der Waals surface area contributed by atoms with E-state index < -0.39 is 0 Å². The normalized spacial score (nSPS) is 13.3. The van der Waals surface area contributed by atoms with Crippen molar-refractivity contribution >= 4 is 29.4 Å². The molecule has 27 heavy (non-hydrogen) atoms. The van der Waals surface area contributed by atoms with Crippen LogP contribution in [0, 0.1) is 0 Å². The number of pyridine rings is 1. The first kappa shape index (κ1) is 19.3. The number of carbonyl (C=O) groups is 1. The van der Waals surface area contributed by atoms with Gasteiger partial charge in [-0.25, -0.2) is 4.98 Å². The third kappa shape index (κ3) is 4.81. The Morgan fingerprint density at radius 2 is 2.00 bits per heavy atom. The molecule has 0 aliphatic carbocycles. The topological polar surface area (TPSA) is 74.7 Å². The lowest BCUT2D eigenvalue weighted by atomic mass is 10.1. The number of anilines is 1. The van der Waals surface area contributed by atoms with Crippen LogP contribution in [-0.2, 0) is 9.53 Å². The van der Waals surface area contributed by atoms with E-state index in [4.69, 9.17) is 9.84 Å². The van der Waals surface area contributed by atoms with E-state index in [0.29, 0.717) is 23.9 Å². The summed E-state index contributed by atoms with van der Waals surface area (Å²) in [5.41, 5.74) is 1.38. The van der Waals surface area contributed by atoms with Crippen LogP contribution in [0.2, 0.25) is 0 Å². The van der Waals surface area contributed by atoms with Gasteiger partial charge in [0, 0.05) is 30.3 Å². The molecule has 0 bridgehead atoms. The number of hydrogen-bond acceptors (Lipinski definition) is 6. The summed E-state index contributed by atoms with van der Waals surface area (Å²) < 4.78 is 7.88. The minimum atomic E-state index is -0.261. The summed E-state index contributed by atoms with van der Waals surface area (Å²) >= 11 is 1.49. The number of ether oxygens (including phenoxy) is 1. The highest BCUT2D eigenvalue weighted by molar-refractivity contribution is 7.97. The van der Waals surface area contributed by atoms with Crippen LogP contribution in [0.4, 0.5) is 5.82 Å². The Morgan fingerprint density at radius 1 is 1.19 bits per heavy atom. The molecule has 142 valence electrons. The Balaban J connectivity index is 1.87. The molecule has 3 rings (SSSR count). The molecule has 7 heteroatoms. The molecule has 0 saturated carbocycles. The molecule has 1 aliphatic rings. The fourth-order valence-corrected chi connectivity index (χ4v) is 3.72. The average Bonchev–Trinajstić information content (AvgIpc) is 2.68. The first-order valence-electron chi connectivity index (χ1n) is 8.92. The van der Waals surface area contributed by atoms with E-state index in [0.717, 1.165) is 29.7 Å². The van der Waals surface area contributed by atoms with Crippen molar-refractivity contribution in [2.24, 2.45) is 0 Å². The predicted molar refractivity (Wildman–Crippen MR) is 107 cm³/mol. The summed E-state index contributed by atoms with van der Waals surface area (Å²) in [4.78, 5) is 18.2. The van der Waals surface area contributed by atoms with Crippen molar-refractivity contribution in [2.45, 2.75) is 24.2 Å². The second-order valence-corrected chi connectivity index (χ2v) is 7.23. The summed E-state index contributed by atoms with van der Waals surface area (Å²) in [6.45, 7) is 0.672. The van der Waals surface area contributed by atoms with Gasteiger partial charge in [-0.1, -0.05) is 18.2 Å². The summed E-state index contributed by atoms with van der Waals surface area (Å²) in [6.07, 6.45) is 4.09. The maximum Gasteiger partial charge on any atom is 0.277 e. The minimum absolute atomic E-state index is 0.183. The van der Waals surface area contributed by atoms with E-state index in [1.165, 1.54) is 11.9 Å². The number of aliphatic hydroxyl groups is 1. The zero-order valence-corrected chi connectivity index (χ0v) is 16.0. The van der Waals surface area contributed by atoms with Crippen molar-refractivity contribution in [3.05, 3.63) is 59.9 Å². The average molecular weight is 385 g/mol. The van der Waals surface area contributed by atoms with Crippen molar-refractivity contribution in [3.63, 3.8) is 0 Å². The summed E-state index contributed by atoms with van der Waals surface area (Å²) in [5.74, 6) is 0.808. The van der Waals surface area contributed by atoms with Crippen molar-refractivity contribution in [2.75, 3.05) is 25.6 Å². The largest absolute Gasteiger partial charge is 0.490 e. The number of aliphatic hydroxyl groups excluding tert-OH is 1. The van der Waals surface area contributed by atoms with Gasteiger partial charge in [0.1, 0.15) is 5.82 Å². The van der Waals surface area contributed by atoms with Crippen LogP contribution < -0.4 is 5.32 Å². The highest BCUT2D eigenvalue weighted by Gasteiger charge is 2.30. The smallest absolute Gasteiger partial charge is 0.277 e. The molecule has 0 unspecified atom stereocenters. The molecule has 0 saturated heterocycles. The molecule has 0 spiro atoms. The molecule has 0 radical (unpaired) electrons. The number of carbonyl (C=O) groups excluding carboxylic acids is 1. The van der Waals surface area contributed by atoms with Crippen molar-refractivity contribution in [1.82, 2.24) is 9.29 Å². The molecule has 6 nitrogen and oxygen atoms in total. The molecule has 1 aromatic carbocycles. The van der Waals surface area contributed by atoms with Gasteiger partial charge in [0.15, 0.2) is 11.5 Å². The van der Waals surface area contributed by atoms with Crippen LogP contribution in [0.3, 0.4) is 0 Å². The quantitative estimate of drug-likeness (QED) is 0.535. The summed E-state index contributed by atoms with van der Waals surface area (Å²) in [5, 5.41) is 11.8. The van der Waals surface area contributed by atoms with Crippen LogP contribution in [0.15, 0.2) is 59.3 Å². The number of fused-ring (bicyclic) bond motifs is 1. The number of likely N-dealkylation sites (N-methyl/N-ethyl adjacent to an activating group) is 1. The van der Waals surface area contributed by atoms with Crippen LogP contribution in [0.1, 0.15) is 24.8 Å². The van der Waals surface area contributed by atoms with Crippen molar-refractivity contribution in [1.29, 1.82) is 0 Å². The van der Waals surface area contributed by atoms with Gasteiger partial charge in [0.25, 0.3) is 5.91 Å². The number of aromatic nitrogens is 1. The van der Waals surface area contributed by atoms with Gasteiger partial charge in [-0.2, -0.15) is 0 Å². The summed E-state index contributed by atoms with van der Waals surface area (Å²) in [6, 6.07) is 13.3. The zero-order chi connectivity index (χ0) is 19.1. The lowest BCUT2D eigenvalue weighted by molar-refractivity contribution is -0.113. The van der Waals surface area contributed by atoms with Crippen LogP contribution >= 0.6 is 11.9 Å². The highest BCUT2D eigenvalue weighted by Crippen LogP contribution is 2.40. The number of hydrogen-bond donors (Lipinski definition) is 2. The lowest BCUT2D eigenvalue weighted by Gasteiger charge is -2.29. The maximum atomic E-state index is 13.0. The van der Waals surface area contributed by atoms with Gasteiger partial charge >= 0.3 is 0 Å². The summed E-state index contributed by atoms with van der Waals surface area (Å²) in [7, 11) is 1.85. The standard InChI is InChI=1S/C20H23N3O3S/c1-23-18(20(25)22-17-11-5-6-12-21-17)19(26-14-8-2-7-13-24)15-9-3-4-10-16(15)27-23/h3-6,9-12,24H,2,7-8,13-14H2,1H3,(H,21,22,25). The van der Waals surface area contributed by atoms with Gasteiger partial charge in [-0.3, -0.25) is 4.79 Å². The second kappa shape index (κ2) is 9.43. The fraction of sp³-hybridized carbons (Fsp3) is 0.300. The minimum Gasteiger partial charge on any atom is -0.490 e. The van der Waals surface area contributed by atoms with Gasteiger partial charge in [0.05, 0.1) is 6.61 Å². The van der Waals surface area contributed by atoms with Crippen LogP contribution in [0.25, 0.3) is 5.76 Å². The monoisotopic (exact) mass is 385 g/mol. The molecule has 0 fully saturated rings. The third-order valence-corrected chi connectivity index (χ3v) is 5.08. The van der Waals surface area contributed by atoms with E-state index in [1.54, 1.807) is 18.3 Å². The van der Waals surface area contributed by atoms with E-state index >= 15 is 0 Å². The molecule has 1 amide bonds. The first-order chi connectivity index (χ1) is 13.2. The number of rotatable bonds is 8. The molecule has 0 atom stereocenters. The predicted octanol–water partition coefficient (Wildman–Crippen LogP) is 3.52. The Kier molecular flexibility index (Phi) is 6.73. The molecule has 1 aromatic heterocycles. The number of benzene rings is 1. The number of nitrogens with zero attached hydrogens (tertiary/aromatic N) is 2. The van der Waals surface area contributed by atoms with Gasteiger partial charge in [-0.05, 0) is 55.5 Å².